The van der Waals surface area contributed by atoms with E-state index in [0.717, 1.165) is 0 Å². The third-order valence-electron chi connectivity index (χ3n) is 3.13. The maximum atomic E-state index is 12.7. The summed E-state index contributed by atoms with van der Waals surface area (Å²) in [6.45, 7) is 0.755. The normalized spacial score (nSPS) is 23.4. The number of alkyl halides is 3. The van der Waals surface area contributed by atoms with Crippen molar-refractivity contribution in [3.05, 3.63) is 11.9 Å². The van der Waals surface area contributed by atoms with Crippen LogP contribution in [0.4, 0.5) is 24.8 Å². The first kappa shape index (κ1) is 14.8. The van der Waals surface area contributed by atoms with Crippen LogP contribution >= 0.6 is 0 Å². The van der Waals surface area contributed by atoms with Gasteiger partial charge in [-0.2, -0.15) is 13.2 Å². The average molecular weight is 292 g/mol. The number of hydrogen-bond donors (Lipinski definition) is 1. The first-order chi connectivity index (χ1) is 9.35. The van der Waals surface area contributed by atoms with E-state index in [2.05, 4.69) is 9.97 Å². The van der Waals surface area contributed by atoms with E-state index >= 15 is 0 Å². The van der Waals surface area contributed by atoms with Gasteiger partial charge in [0.25, 0.3) is 0 Å². The van der Waals surface area contributed by atoms with Gasteiger partial charge in [0.1, 0.15) is 23.8 Å². The lowest BCUT2D eigenvalue weighted by atomic mass is 10.3. The van der Waals surface area contributed by atoms with Gasteiger partial charge in [-0.15, -0.1) is 0 Å². The van der Waals surface area contributed by atoms with E-state index in [4.69, 9.17) is 15.2 Å². The molecule has 0 bridgehead atoms. The summed E-state index contributed by atoms with van der Waals surface area (Å²) in [7, 11) is 3.05. The largest absolute Gasteiger partial charge is 0.451 e. The van der Waals surface area contributed by atoms with Crippen LogP contribution in [-0.2, 0) is 15.7 Å². The molecule has 0 amide bonds. The quantitative estimate of drug-likeness (QED) is 0.893. The molecule has 20 heavy (non-hydrogen) atoms. The Bertz CT molecular complexity index is 471. The standard InChI is InChI=1S/C11H15F3N4O2/c1-19-6-4-18(5-7(6)20-2)9-3-8(15)16-10(17-9)11(12,13)14/h3,6-7H,4-5H2,1-2H3,(H2,15,16,17). The molecule has 6 nitrogen and oxygen atoms in total. The molecule has 1 fully saturated rings. The second-order valence-corrected chi connectivity index (χ2v) is 4.43. The first-order valence-electron chi connectivity index (χ1n) is 5.87. The van der Waals surface area contributed by atoms with Crippen molar-refractivity contribution in [2.75, 3.05) is 37.9 Å². The van der Waals surface area contributed by atoms with Crippen molar-refractivity contribution in [2.45, 2.75) is 18.4 Å². The molecule has 0 radical (unpaired) electrons. The smallest absolute Gasteiger partial charge is 0.384 e. The van der Waals surface area contributed by atoms with E-state index in [1.807, 2.05) is 0 Å². The summed E-state index contributed by atoms with van der Waals surface area (Å²) in [6.07, 6.45) is -5.10. The van der Waals surface area contributed by atoms with Gasteiger partial charge < -0.3 is 20.1 Å². The Labute approximate surface area is 113 Å². The van der Waals surface area contributed by atoms with Crippen LogP contribution in [0.15, 0.2) is 6.07 Å². The van der Waals surface area contributed by atoms with Crippen LogP contribution < -0.4 is 10.6 Å². The lowest BCUT2D eigenvalue weighted by Crippen LogP contribution is -2.27. The van der Waals surface area contributed by atoms with Crippen molar-refractivity contribution >= 4 is 11.6 Å². The lowest BCUT2D eigenvalue weighted by Gasteiger charge is -2.18. The van der Waals surface area contributed by atoms with E-state index in [1.54, 1.807) is 4.90 Å². The molecule has 9 heteroatoms. The molecule has 2 heterocycles. The minimum Gasteiger partial charge on any atom is -0.384 e. The molecule has 0 spiro atoms. The number of nitrogens with two attached hydrogens (primary N) is 1. The molecular weight excluding hydrogens is 277 g/mol. The molecule has 0 aromatic carbocycles. The molecule has 2 atom stereocenters. The summed E-state index contributed by atoms with van der Waals surface area (Å²) >= 11 is 0. The van der Waals surface area contributed by atoms with Gasteiger partial charge in [-0.25, -0.2) is 9.97 Å². The number of rotatable bonds is 3. The third kappa shape index (κ3) is 2.93. The summed E-state index contributed by atoms with van der Waals surface area (Å²) in [5.41, 5.74) is 5.42. The predicted octanol–water partition coefficient (Wildman–Crippen LogP) is 0.928. The summed E-state index contributed by atoms with van der Waals surface area (Å²) in [4.78, 5) is 8.36. The fourth-order valence-corrected chi connectivity index (χ4v) is 2.13. The summed E-state index contributed by atoms with van der Waals surface area (Å²) in [6, 6.07) is 1.31. The Morgan fingerprint density at radius 1 is 1.20 bits per heavy atom. The Kier molecular flexibility index (Phi) is 4.00. The van der Waals surface area contributed by atoms with Gasteiger partial charge in [0.2, 0.25) is 5.82 Å². The molecule has 1 aromatic rings. The number of ether oxygens (including phenoxy) is 2. The molecule has 1 aromatic heterocycles. The van der Waals surface area contributed by atoms with Gasteiger partial charge in [0, 0.05) is 33.4 Å². The summed E-state index contributed by atoms with van der Waals surface area (Å²) in [5, 5.41) is 0. The molecule has 2 unspecified atom stereocenters. The highest BCUT2D eigenvalue weighted by Crippen LogP contribution is 2.30. The molecule has 1 saturated heterocycles. The highest BCUT2D eigenvalue weighted by atomic mass is 19.4. The average Bonchev–Trinajstić information content (AvgIpc) is 2.80. The zero-order valence-electron chi connectivity index (χ0n) is 11.0. The number of nitrogen functional groups attached to an aromatic ring is 1. The van der Waals surface area contributed by atoms with E-state index < -0.39 is 12.0 Å². The SMILES string of the molecule is COC1CN(c2cc(N)nc(C(F)(F)F)n2)CC1OC. The van der Waals surface area contributed by atoms with Gasteiger partial charge in [-0.1, -0.05) is 0 Å². The molecule has 0 saturated carbocycles. The van der Waals surface area contributed by atoms with Crippen molar-refractivity contribution < 1.29 is 22.6 Å². The van der Waals surface area contributed by atoms with Crippen LogP contribution in [-0.4, -0.2) is 49.5 Å². The van der Waals surface area contributed by atoms with E-state index in [9.17, 15) is 13.2 Å². The number of methoxy groups -OCH3 is 2. The zero-order valence-corrected chi connectivity index (χ0v) is 11.0. The van der Waals surface area contributed by atoms with Crippen LogP contribution in [0.5, 0.6) is 0 Å². The summed E-state index contributed by atoms with van der Waals surface area (Å²) < 4.78 is 48.5. The van der Waals surface area contributed by atoms with Crippen LogP contribution in [0.25, 0.3) is 0 Å². The number of halogens is 3. The minimum atomic E-state index is -4.63. The number of nitrogens with zero attached hydrogens (tertiary/aromatic N) is 3. The van der Waals surface area contributed by atoms with Crippen LogP contribution in [0.1, 0.15) is 5.82 Å². The van der Waals surface area contributed by atoms with Crippen molar-refractivity contribution in [2.24, 2.45) is 0 Å². The minimum absolute atomic E-state index is 0.117. The van der Waals surface area contributed by atoms with Crippen molar-refractivity contribution in [3.8, 4) is 0 Å². The van der Waals surface area contributed by atoms with Gasteiger partial charge in [-0.05, 0) is 0 Å². The highest BCUT2D eigenvalue weighted by molar-refractivity contribution is 5.48. The van der Waals surface area contributed by atoms with Gasteiger partial charge in [0.05, 0.1) is 0 Å². The Balaban J connectivity index is 2.28. The van der Waals surface area contributed by atoms with Crippen LogP contribution in [0, 0.1) is 0 Å². The maximum absolute atomic E-state index is 12.7. The molecule has 1 aliphatic heterocycles. The van der Waals surface area contributed by atoms with Crippen LogP contribution in [0.3, 0.4) is 0 Å². The monoisotopic (exact) mass is 292 g/mol. The van der Waals surface area contributed by atoms with Crippen molar-refractivity contribution in [1.82, 2.24) is 9.97 Å². The predicted molar refractivity (Wildman–Crippen MR) is 65.3 cm³/mol. The number of hydrogen-bond acceptors (Lipinski definition) is 6. The topological polar surface area (TPSA) is 73.5 Å². The Morgan fingerprint density at radius 3 is 2.20 bits per heavy atom. The molecule has 112 valence electrons. The second-order valence-electron chi connectivity index (χ2n) is 4.43. The van der Waals surface area contributed by atoms with Gasteiger partial charge in [-0.3, -0.25) is 0 Å². The maximum Gasteiger partial charge on any atom is 0.451 e. The fraction of sp³-hybridized carbons (Fsp3) is 0.636. The molecular formula is C11H15F3N4O2. The number of anilines is 2. The Morgan fingerprint density at radius 2 is 1.75 bits per heavy atom. The van der Waals surface area contributed by atoms with Crippen molar-refractivity contribution in [3.63, 3.8) is 0 Å². The van der Waals surface area contributed by atoms with Crippen LogP contribution in [0.2, 0.25) is 0 Å². The zero-order chi connectivity index (χ0) is 14.9. The summed E-state index contributed by atoms with van der Waals surface area (Å²) in [5.74, 6) is -1.36. The van der Waals surface area contributed by atoms with Gasteiger partial charge in [0.15, 0.2) is 0 Å². The molecule has 0 aliphatic carbocycles. The molecule has 2 N–H and O–H groups in total. The lowest BCUT2D eigenvalue weighted by molar-refractivity contribution is -0.144. The van der Waals surface area contributed by atoms with Crippen molar-refractivity contribution in [1.29, 1.82) is 0 Å². The third-order valence-corrected chi connectivity index (χ3v) is 3.13. The highest BCUT2D eigenvalue weighted by Gasteiger charge is 2.38. The van der Waals surface area contributed by atoms with Gasteiger partial charge >= 0.3 is 6.18 Å². The van der Waals surface area contributed by atoms with E-state index in [-0.39, 0.29) is 23.8 Å². The van der Waals surface area contributed by atoms with E-state index in [1.165, 1.54) is 20.3 Å². The van der Waals surface area contributed by atoms with E-state index in [0.29, 0.717) is 13.1 Å². The Hall–Kier alpha value is -1.61. The first-order valence-corrected chi connectivity index (χ1v) is 5.87. The fourth-order valence-electron chi connectivity index (χ4n) is 2.13. The second kappa shape index (κ2) is 5.41. The number of aromatic nitrogens is 2. The molecule has 2 rings (SSSR count). The molecule has 1 aliphatic rings.